The molecule has 3 aromatic carbocycles. The molecule has 0 saturated carbocycles. The highest BCUT2D eigenvalue weighted by atomic mass is 32.2. The molecular weight excluding hydrogens is 402 g/mol. The van der Waals surface area contributed by atoms with Crippen LogP contribution in [0.4, 0.5) is 0 Å². The number of rotatable bonds is 8. The summed E-state index contributed by atoms with van der Waals surface area (Å²) < 4.78 is 12.4. The van der Waals surface area contributed by atoms with Crippen molar-refractivity contribution in [1.82, 2.24) is 4.90 Å². The molecule has 1 aliphatic heterocycles. The monoisotopic (exact) mass is 433 g/mol. The van der Waals surface area contributed by atoms with Crippen molar-refractivity contribution >= 4 is 11.8 Å². The van der Waals surface area contributed by atoms with E-state index in [0.717, 1.165) is 36.9 Å². The zero-order chi connectivity index (χ0) is 21.5. The van der Waals surface area contributed by atoms with Crippen molar-refractivity contribution in [3.8, 4) is 5.75 Å². The Hall–Kier alpha value is -2.27. The summed E-state index contributed by atoms with van der Waals surface area (Å²) in [5, 5.41) is 0.191. The van der Waals surface area contributed by atoms with Crippen molar-refractivity contribution in [3.05, 3.63) is 96.1 Å². The summed E-state index contributed by atoms with van der Waals surface area (Å²) in [6.45, 7) is 7.73. The Labute approximate surface area is 190 Å². The van der Waals surface area contributed by atoms with Gasteiger partial charge in [0.2, 0.25) is 0 Å². The van der Waals surface area contributed by atoms with Crippen LogP contribution in [-0.4, -0.2) is 36.8 Å². The van der Waals surface area contributed by atoms with Gasteiger partial charge in [0, 0.05) is 19.6 Å². The molecule has 0 aromatic heterocycles. The van der Waals surface area contributed by atoms with E-state index in [-0.39, 0.29) is 17.5 Å². The lowest BCUT2D eigenvalue weighted by Crippen LogP contribution is -2.44. The average molecular weight is 434 g/mol. The largest absolute Gasteiger partial charge is 0.490 e. The molecule has 162 valence electrons. The maximum atomic E-state index is 6.35. The minimum atomic E-state index is 0.108. The summed E-state index contributed by atoms with van der Waals surface area (Å²) in [5.41, 5.74) is 2.64. The second kappa shape index (κ2) is 10.9. The van der Waals surface area contributed by atoms with Gasteiger partial charge in [0.1, 0.15) is 5.75 Å². The van der Waals surface area contributed by atoms with Gasteiger partial charge in [0.05, 0.1) is 29.0 Å². The van der Waals surface area contributed by atoms with E-state index < -0.39 is 0 Å². The smallest absolute Gasteiger partial charge is 0.133 e. The molecular formula is C27H31NO2S. The molecule has 0 bridgehead atoms. The van der Waals surface area contributed by atoms with Crippen LogP contribution in [0, 0.1) is 0 Å². The molecule has 4 heteroatoms. The summed E-state index contributed by atoms with van der Waals surface area (Å²) in [7, 11) is 0. The first-order chi connectivity index (χ1) is 15.2. The fraction of sp³-hybridized carbons (Fsp3) is 0.333. The lowest BCUT2D eigenvalue weighted by molar-refractivity contribution is -0.0319. The Morgan fingerprint density at radius 3 is 2.35 bits per heavy atom. The molecule has 3 aromatic rings. The quantitative estimate of drug-likeness (QED) is 0.394. The molecule has 0 spiro atoms. The number of hydrogen-bond acceptors (Lipinski definition) is 4. The number of thioether (sulfide) groups is 1. The Bertz CT molecular complexity index is 932. The van der Waals surface area contributed by atoms with Gasteiger partial charge in [-0.1, -0.05) is 72.8 Å². The molecule has 0 aliphatic carbocycles. The Kier molecular flexibility index (Phi) is 7.68. The fourth-order valence-corrected chi connectivity index (χ4v) is 5.21. The summed E-state index contributed by atoms with van der Waals surface area (Å²) in [6.07, 6.45) is 0.251. The molecule has 4 rings (SSSR count). The lowest BCUT2D eigenvalue weighted by Gasteiger charge is -2.37. The number of morpholine rings is 1. The predicted octanol–water partition coefficient (Wildman–Crippen LogP) is 6.21. The molecule has 1 saturated heterocycles. The highest BCUT2D eigenvalue weighted by Gasteiger charge is 2.31. The number of benzene rings is 3. The number of nitrogens with zero attached hydrogens (tertiary/aromatic N) is 1. The van der Waals surface area contributed by atoms with E-state index in [2.05, 4.69) is 97.6 Å². The van der Waals surface area contributed by atoms with Gasteiger partial charge in [0.15, 0.2) is 0 Å². The van der Waals surface area contributed by atoms with Crippen molar-refractivity contribution in [3.63, 3.8) is 0 Å². The van der Waals surface area contributed by atoms with Crippen molar-refractivity contribution in [2.45, 2.75) is 42.7 Å². The molecule has 0 radical (unpaired) electrons. The Morgan fingerprint density at radius 2 is 1.61 bits per heavy atom. The van der Waals surface area contributed by atoms with Crippen LogP contribution in [0.2, 0.25) is 0 Å². The number of hydrogen-bond donors (Lipinski definition) is 0. The highest BCUT2D eigenvalue weighted by molar-refractivity contribution is 7.99. The van der Waals surface area contributed by atoms with Crippen LogP contribution in [-0.2, 0) is 11.3 Å². The van der Waals surface area contributed by atoms with Crippen molar-refractivity contribution in [1.29, 1.82) is 0 Å². The third-order valence-electron chi connectivity index (χ3n) is 5.36. The van der Waals surface area contributed by atoms with Crippen molar-refractivity contribution in [2.75, 3.05) is 19.7 Å². The zero-order valence-electron chi connectivity index (χ0n) is 18.3. The summed E-state index contributed by atoms with van der Waals surface area (Å²) >= 11 is 1.85. The molecule has 31 heavy (non-hydrogen) atoms. The lowest BCUT2D eigenvalue weighted by atomic mass is 10.1. The van der Waals surface area contributed by atoms with Gasteiger partial charge in [0.25, 0.3) is 0 Å². The maximum Gasteiger partial charge on any atom is 0.133 e. The fourth-order valence-electron chi connectivity index (χ4n) is 3.94. The Balaban J connectivity index is 1.56. The summed E-state index contributed by atoms with van der Waals surface area (Å²) in [4.78, 5) is 3.67. The van der Waals surface area contributed by atoms with Crippen LogP contribution < -0.4 is 4.74 Å². The third-order valence-corrected chi connectivity index (χ3v) is 6.78. The van der Waals surface area contributed by atoms with E-state index in [1.54, 1.807) is 0 Å². The SMILES string of the molecule is CC(C)Oc1ccccc1SC(c1ccccc1)C1CN(Cc2ccccc2)CCO1. The second-order valence-corrected chi connectivity index (χ2v) is 9.38. The minimum absolute atomic E-state index is 0.108. The van der Waals surface area contributed by atoms with E-state index in [1.165, 1.54) is 11.1 Å². The second-order valence-electron chi connectivity index (χ2n) is 8.19. The Morgan fingerprint density at radius 1 is 0.935 bits per heavy atom. The standard InChI is InChI=1S/C27H31NO2S/c1-21(2)30-24-15-9-10-16-26(24)31-27(23-13-7-4-8-14-23)25-20-28(17-18-29-25)19-22-11-5-3-6-12-22/h3-16,21,25,27H,17-20H2,1-2H3. The van der Waals surface area contributed by atoms with Gasteiger partial charge in [-0.15, -0.1) is 11.8 Å². The van der Waals surface area contributed by atoms with Gasteiger partial charge < -0.3 is 9.47 Å². The van der Waals surface area contributed by atoms with Crippen LogP contribution in [0.25, 0.3) is 0 Å². The number of para-hydroxylation sites is 1. The molecule has 1 heterocycles. The first kappa shape index (κ1) is 21.9. The summed E-state index contributed by atoms with van der Waals surface area (Å²) in [6, 6.07) is 29.8. The molecule has 2 unspecified atom stereocenters. The van der Waals surface area contributed by atoms with Gasteiger partial charge in [-0.05, 0) is 37.1 Å². The van der Waals surface area contributed by atoms with Gasteiger partial charge in [-0.25, -0.2) is 0 Å². The van der Waals surface area contributed by atoms with Crippen molar-refractivity contribution in [2.24, 2.45) is 0 Å². The molecule has 1 aliphatic rings. The predicted molar refractivity (Wildman–Crippen MR) is 129 cm³/mol. The third kappa shape index (κ3) is 6.13. The average Bonchev–Trinajstić information content (AvgIpc) is 2.79. The minimum Gasteiger partial charge on any atom is -0.490 e. The van der Waals surface area contributed by atoms with E-state index in [4.69, 9.17) is 9.47 Å². The zero-order valence-corrected chi connectivity index (χ0v) is 19.1. The molecule has 1 fully saturated rings. The van der Waals surface area contributed by atoms with Crippen molar-refractivity contribution < 1.29 is 9.47 Å². The molecule has 0 N–H and O–H groups in total. The molecule has 3 nitrogen and oxygen atoms in total. The first-order valence-electron chi connectivity index (χ1n) is 11.0. The molecule has 2 atom stereocenters. The number of ether oxygens (including phenoxy) is 2. The van der Waals surface area contributed by atoms with E-state index in [9.17, 15) is 0 Å². The normalized spacial score (nSPS) is 18.1. The van der Waals surface area contributed by atoms with E-state index in [0.29, 0.717) is 0 Å². The maximum absolute atomic E-state index is 6.35. The van der Waals surface area contributed by atoms with Crippen LogP contribution in [0.5, 0.6) is 5.75 Å². The molecule has 0 amide bonds. The van der Waals surface area contributed by atoms with Gasteiger partial charge in [-0.3, -0.25) is 4.90 Å². The highest BCUT2D eigenvalue weighted by Crippen LogP contribution is 2.43. The van der Waals surface area contributed by atoms with E-state index >= 15 is 0 Å². The van der Waals surface area contributed by atoms with Gasteiger partial charge >= 0.3 is 0 Å². The van der Waals surface area contributed by atoms with Gasteiger partial charge in [-0.2, -0.15) is 0 Å². The topological polar surface area (TPSA) is 21.7 Å². The van der Waals surface area contributed by atoms with Crippen LogP contribution in [0.1, 0.15) is 30.2 Å². The van der Waals surface area contributed by atoms with E-state index in [1.807, 2.05) is 17.8 Å². The van der Waals surface area contributed by atoms with Crippen LogP contribution in [0.15, 0.2) is 89.8 Å². The summed E-state index contributed by atoms with van der Waals surface area (Å²) in [5.74, 6) is 0.945. The van der Waals surface area contributed by atoms with Crippen LogP contribution >= 0.6 is 11.8 Å². The first-order valence-corrected chi connectivity index (χ1v) is 11.9. The van der Waals surface area contributed by atoms with Crippen LogP contribution in [0.3, 0.4) is 0 Å².